The summed E-state index contributed by atoms with van der Waals surface area (Å²) in [6.07, 6.45) is 0.291. The maximum absolute atomic E-state index is 14.0. The Labute approximate surface area is 294 Å². The van der Waals surface area contributed by atoms with E-state index in [4.69, 9.17) is 19.1 Å². The van der Waals surface area contributed by atoms with Crippen molar-refractivity contribution in [1.29, 1.82) is 0 Å². The monoisotopic (exact) mass is 733 g/mol. The number of hydrogen-bond acceptors (Lipinski definition) is 11. The lowest BCUT2D eigenvalue weighted by atomic mass is 10.0. The van der Waals surface area contributed by atoms with E-state index in [1.165, 1.54) is 15.6 Å². The number of ether oxygens (including phenoxy) is 1. The molecule has 0 unspecified atom stereocenters. The molecule has 3 aromatic rings. The molecule has 0 spiro atoms. The van der Waals surface area contributed by atoms with E-state index in [2.05, 4.69) is 25.9 Å². The first kappa shape index (κ1) is 38.6. The van der Waals surface area contributed by atoms with Gasteiger partial charge in [0.05, 0.1) is 25.8 Å². The number of carbonyl (C=O) groups excluding carboxylic acids is 3. The van der Waals surface area contributed by atoms with Crippen molar-refractivity contribution >= 4 is 45.2 Å². The third-order valence-corrected chi connectivity index (χ3v) is 10.8. The van der Waals surface area contributed by atoms with Crippen LogP contribution in [0.3, 0.4) is 0 Å². The van der Waals surface area contributed by atoms with Gasteiger partial charge in [0.15, 0.2) is 5.69 Å². The van der Waals surface area contributed by atoms with Crippen molar-refractivity contribution in [3.05, 3.63) is 69.3 Å². The molecule has 2 aliphatic rings. The summed E-state index contributed by atoms with van der Waals surface area (Å²) in [6.45, 7) is 8.13. The first-order chi connectivity index (χ1) is 23.6. The van der Waals surface area contributed by atoms with Gasteiger partial charge in [-0.15, -0.1) is 11.3 Å². The zero-order chi connectivity index (χ0) is 36.6. The molecule has 16 nitrogen and oxygen atoms in total. The Morgan fingerprint density at radius 3 is 2.34 bits per heavy atom. The molecule has 1 saturated heterocycles. The minimum atomic E-state index is -4.17. The van der Waals surface area contributed by atoms with Crippen LogP contribution in [-0.4, -0.2) is 101 Å². The maximum atomic E-state index is 14.0. The van der Waals surface area contributed by atoms with Crippen LogP contribution in [0, 0.1) is 12.8 Å². The van der Waals surface area contributed by atoms with Crippen LogP contribution >= 0.6 is 11.3 Å². The number of carboxylic acid groups (broad SMARTS) is 1. The number of nitrogens with zero attached hydrogens (tertiary/aromatic N) is 4. The Kier molecular flexibility index (Phi) is 13.2. The molecule has 5 rings (SSSR count). The minimum Gasteiger partial charge on any atom is -0.481 e. The van der Waals surface area contributed by atoms with Crippen molar-refractivity contribution in [3.8, 4) is 0 Å². The molecule has 0 aliphatic carbocycles. The maximum Gasteiger partial charge on any atom is 0.300 e. The van der Waals surface area contributed by atoms with E-state index < -0.39 is 58.6 Å². The molecule has 1 fully saturated rings. The van der Waals surface area contributed by atoms with E-state index in [1.54, 1.807) is 19.2 Å². The topological polar surface area (TPSA) is 213 Å². The molecule has 4 N–H and O–H groups in total. The molecule has 2 aliphatic heterocycles. The van der Waals surface area contributed by atoms with Crippen LogP contribution in [0.25, 0.3) is 0 Å². The van der Waals surface area contributed by atoms with Gasteiger partial charge >= 0.3 is 0 Å². The number of carboxylic acids is 1. The molecule has 50 heavy (non-hydrogen) atoms. The first-order valence-electron chi connectivity index (χ1n) is 16.1. The molecule has 3 amide bonds. The van der Waals surface area contributed by atoms with Crippen LogP contribution in [0.5, 0.6) is 0 Å². The number of aromatic nitrogens is 2. The van der Waals surface area contributed by atoms with Gasteiger partial charge in [0.2, 0.25) is 11.8 Å². The number of benzene rings is 1. The highest BCUT2D eigenvalue weighted by Gasteiger charge is 2.36. The SMILES string of the molecule is CC(=O)O.Cc1oc2nc1C(=O)N[C@H](C)c1nc(cs1)C(=O)N[C@H](Cc1ccccc1)CN(S(=O)(=O)N1CCOCC1)CC(=O)N[C@H]2C(C)C. The van der Waals surface area contributed by atoms with Crippen LogP contribution in [0.2, 0.25) is 0 Å². The lowest BCUT2D eigenvalue weighted by molar-refractivity contribution is -0.134. The Bertz CT molecular complexity index is 1750. The van der Waals surface area contributed by atoms with Gasteiger partial charge in [-0.3, -0.25) is 19.2 Å². The van der Waals surface area contributed by atoms with Crippen molar-refractivity contribution < 1.29 is 41.9 Å². The van der Waals surface area contributed by atoms with Crippen molar-refractivity contribution in [2.24, 2.45) is 5.92 Å². The lowest BCUT2D eigenvalue weighted by Gasteiger charge is -2.34. The number of fused-ring (bicyclic) bond motifs is 4. The summed E-state index contributed by atoms with van der Waals surface area (Å²) >= 11 is 1.21. The average Bonchev–Trinajstić information content (AvgIpc) is 3.71. The van der Waals surface area contributed by atoms with Crippen LogP contribution in [0.1, 0.15) is 83.0 Å². The fourth-order valence-electron chi connectivity index (χ4n) is 5.32. The molecule has 0 saturated carbocycles. The molecule has 4 heterocycles. The van der Waals surface area contributed by atoms with Crippen LogP contribution < -0.4 is 16.0 Å². The Morgan fingerprint density at radius 2 is 1.70 bits per heavy atom. The number of nitrogens with one attached hydrogen (secondary N) is 3. The summed E-state index contributed by atoms with van der Waals surface area (Å²) in [6, 6.07) is 7.33. The van der Waals surface area contributed by atoms with Gasteiger partial charge in [-0.05, 0) is 31.7 Å². The molecule has 272 valence electrons. The Balaban J connectivity index is 0.00000133. The molecule has 3 atom stereocenters. The van der Waals surface area contributed by atoms with Gasteiger partial charge in [0.1, 0.15) is 22.5 Å². The number of morpholine rings is 1. The summed E-state index contributed by atoms with van der Waals surface area (Å²) in [4.78, 5) is 58.3. The average molecular weight is 734 g/mol. The number of carbonyl (C=O) groups is 4. The molecular weight excluding hydrogens is 691 g/mol. The number of hydrogen-bond donors (Lipinski definition) is 4. The largest absolute Gasteiger partial charge is 0.481 e. The lowest BCUT2D eigenvalue weighted by Crippen LogP contribution is -2.55. The number of thiazole rings is 1. The molecule has 2 aromatic heterocycles. The summed E-state index contributed by atoms with van der Waals surface area (Å²) < 4.78 is 41.7. The highest BCUT2D eigenvalue weighted by Crippen LogP contribution is 2.25. The van der Waals surface area contributed by atoms with Crippen LogP contribution in [0.4, 0.5) is 0 Å². The zero-order valence-corrected chi connectivity index (χ0v) is 30.2. The quantitative estimate of drug-likeness (QED) is 0.298. The van der Waals surface area contributed by atoms with E-state index in [1.807, 2.05) is 44.2 Å². The van der Waals surface area contributed by atoms with E-state index in [-0.39, 0.29) is 61.8 Å². The zero-order valence-electron chi connectivity index (χ0n) is 28.5. The summed E-state index contributed by atoms with van der Waals surface area (Å²) in [5.74, 6) is -2.26. The van der Waals surface area contributed by atoms with Gasteiger partial charge in [-0.1, -0.05) is 44.2 Å². The van der Waals surface area contributed by atoms with Gasteiger partial charge in [0, 0.05) is 38.0 Å². The number of rotatable bonds is 5. The highest BCUT2D eigenvalue weighted by atomic mass is 32.2. The van der Waals surface area contributed by atoms with E-state index in [9.17, 15) is 22.8 Å². The van der Waals surface area contributed by atoms with Gasteiger partial charge in [-0.25, -0.2) is 9.97 Å². The molecular formula is C32H43N7O9S2. The Hall–Kier alpha value is -4.23. The van der Waals surface area contributed by atoms with E-state index in [0.29, 0.717) is 11.4 Å². The predicted octanol–water partition coefficient (Wildman–Crippen LogP) is 2.07. The second-order valence-corrected chi connectivity index (χ2v) is 15.0. The molecule has 18 heteroatoms. The molecule has 0 radical (unpaired) electrons. The van der Waals surface area contributed by atoms with Crippen molar-refractivity contribution in [2.45, 2.75) is 59.2 Å². The summed E-state index contributed by atoms with van der Waals surface area (Å²) in [5, 5.41) is 18.2. The Morgan fingerprint density at radius 1 is 1.04 bits per heavy atom. The second-order valence-electron chi connectivity index (χ2n) is 12.2. The third-order valence-electron chi connectivity index (χ3n) is 7.78. The van der Waals surface area contributed by atoms with E-state index >= 15 is 0 Å². The minimum absolute atomic E-state index is 0.0534. The van der Waals surface area contributed by atoms with Gasteiger partial charge in [-0.2, -0.15) is 17.0 Å². The van der Waals surface area contributed by atoms with Crippen molar-refractivity contribution in [2.75, 3.05) is 39.4 Å². The third kappa shape index (κ3) is 10.2. The first-order valence-corrected chi connectivity index (χ1v) is 18.3. The number of aliphatic carboxylic acids is 1. The predicted molar refractivity (Wildman–Crippen MR) is 183 cm³/mol. The fourth-order valence-corrected chi connectivity index (χ4v) is 7.71. The fraction of sp³-hybridized carbons (Fsp3) is 0.500. The van der Waals surface area contributed by atoms with Gasteiger partial charge in [0.25, 0.3) is 28.0 Å². The second kappa shape index (κ2) is 17.1. The van der Waals surface area contributed by atoms with Crippen LogP contribution in [0.15, 0.2) is 40.1 Å². The highest BCUT2D eigenvalue weighted by molar-refractivity contribution is 7.86. The molecule has 1 aromatic carbocycles. The summed E-state index contributed by atoms with van der Waals surface area (Å²) in [5.41, 5.74) is 1.05. The summed E-state index contributed by atoms with van der Waals surface area (Å²) in [7, 11) is -4.17. The normalized spacial score (nSPS) is 21.6. The number of oxazole rings is 1. The van der Waals surface area contributed by atoms with Gasteiger partial charge < -0.3 is 30.2 Å². The van der Waals surface area contributed by atoms with Crippen molar-refractivity contribution in [3.63, 3.8) is 0 Å². The smallest absolute Gasteiger partial charge is 0.300 e. The number of amides is 3. The standard InChI is InChI=1S/C30H39N7O7S2.C2H4O2/c1-18(2)25-29-35-26(20(4)44-29)28(40)31-19(3)30-33-23(17-45-30)27(39)32-22(14-21-8-6-5-7-9-21)15-37(16-24(38)34-25)46(41,42)36-10-12-43-13-11-36;1-2(3)4/h5-9,17-19,22,25H,10-16H2,1-4H3,(H,31,40)(H,32,39)(H,34,38);1H3,(H,3,4)/t19-,22-,25+;/m1./s1. The number of aryl methyl sites for hydroxylation is 1. The van der Waals surface area contributed by atoms with Crippen molar-refractivity contribution in [1.82, 2.24) is 34.5 Å². The van der Waals surface area contributed by atoms with E-state index in [0.717, 1.165) is 16.8 Å². The van der Waals surface area contributed by atoms with Crippen LogP contribution in [-0.2, 0) is 31.0 Å². The molecule has 4 bridgehead atoms.